The van der Waals surface area contributed by atoms with Gasteiger partial charge in [0.15, 0.2) is 0 Å². The number of aryl methyl sites for hydroxylation is 2. The van der Waals surface area contributed by atoms with Crippen LogP contribution < -0.4 is 4.40 Å². The Bertz CT molecular complexity index is 3150. The fourth-order valence-corrected chi connectivity index (χ4v) is 10.4. The van der Waals surface area contributed by atoms with Crippen molar-refractivity contribution in [2.45, 2.75) is 57.8 Å². The minimum atomic E-state index is -1.73. The first-order valence-electron chi connectivity index (χ1n) is 21.9. The molecule has 321 valence electrons. The minimum Gasteiger partial charge on any atom is -0.486 e. The largest absolute Gasteiger partial charge is 0.486 e. The Morgan fingerprint density at radius 1 is 0.656 bits per heavy atom. The van der Waals surface area contributed by atoms with Gasteiger partial charge < -0.3 is 8.98 Å². The van der Waals surface area contributed by atoms with Crippen molar-refractivity contribution in [2.75, 3.05) is 0 Å². The van der Waals surface area contributed by atoms with Crippen LogP contribution in [-0.4, -0.2) is 32.8 Å². The fourth-order valence-electron chi connectivity index (χ4n) is 8.22. The molecular formula is C57H52GeIrN4O-2. The summed E-state index contributed by atoms with van der Waals surface area (Å²) >= 11 is -1.73. The molecule has 1 unspecified atom stereocenters. The van der Waals surface area contributed by atoms with Gasteiger partial charge in [-0.05, 0) is 47.7 Å². The van der Waals surface area contributed by atoms with E-state index in [9.17, 15) is 0 Å². The van der Waals surface area contributed by atoms with Gasteiger partial charge in [0.25, 0.3) is 0 Å². The van der Waals surface area contributed by atoms with Gasteiger partial charge in [-0.1, -0.05) is 123 Å². The smallest absolute Gasteiger partial charge is 0.216 e. The Labute approximate surface area is 393 Å². The molecule has 0 aliphatic carbocycles. The molecule has 0 bridgehead atoms. The van der Waals surface area contributed by atoms with Crippen molar-refractivity contribution in [3.05, 3.63) is 187 Å². The number of para-hydroxylation sites is 2. The van der Waals surface area contributed by atoms with E-state index >= 15 is 0 Å². The topological polar surface area (TPSA) is 56.7 Å². The number of benzene rings is 6. The van der Waals surface area contributed by atoms with Crippen molar-refractivity contribution in [2.24, 2.45) is 5.92 Å². The summed E-state index contributed by atoms with van der Waals surface area (Å²) in [6.07, 6.45) is 2.04. The van der Waals surface area contributed by atoms with Crippen LogP contribution in [0, 0.1) is 31.9 Å². The van der Waals surface area contributed by atoms with Crippen LogP contribution in [-0.2, 0) is 20.1 Å². The van der Waals surface area contributed by atoms with Crippen LogP contribution in [0.5, 0.6) is 0 Å². The molecule has 4 aromatic heterocycles. The zero-order valence-electron chi connectivity index (χ0n) is 37.7. The molecule has 0 aliphatic heterocycles. The SMILES string of the molecule is Cc1c[c-]c(-c2cc[c]([Ge]([CH3])([CH3])[CH3])cn2)cc1.Cc1cccc2nc(-c3[c-]ccc4c3oc3nc(C(C)C(C)C)ccc34)n(-c3c(-c4ccccc4)cccc3-c3ccccc3)c12.[Ir]. The molecule has 0 saturated carbocycles. The molecule has 0 aliphatic rings. The average Bonchev–Trinajstić information content (AvgIpc) is 3.88. The zero-order valence-corrected chi connectivity index (χ0v) is 42.2. The van der Waals surface area contributed by atoms with E-state index in [-0.39, 0.29) is 20.1 Å². The molecule has 0 saturated heterocycles. The van der Waals surface area contributed by atoms with Gasteiger partial charge in [0, 0.05) is 48.2 Å². The van der Waals surface area contributed by atoms with Crippen LogP contribution in [0.1, 0.15) is 43.5 Å². The summed E-state index contributed by atoms with van der Waals surface area (Å²) in [4.78, 5) is 14.9. The number of pyridine rings is 2. The standard InChI is InChI=1S/C42H34N3O.C15H18GeN.Ir/c1-26(2)28(4)36-25-24-34-33-21-13-22-35(40(33)46-42(34)44-36)41-43-37-23-11-14-27(3)38(37)45(41)39-31(29-15-7-5-8-16-29)19-12-20-32(39)30-17-9-6-10-18-30;1-12-5-7-13(8-6-12)15-10-9-14(11-17-15)16(2,3)4;/h5-21,23-26,28H,1-4H3;5-7,9-11H,1-4H3;/q2*-1;. The van der Waals surface area contributed by atoms with Gasteiger partial charge in [0.05, 0.1) is 28.1 Å². The zero-order chi connectivity index (χ0) is 43.8. The van der Waals surface area contributed by atoms with E-state index in [2.05, 4.69) is 213 Å². The molecule has 5 nitrogen and oxygen atoms in total. The minimum absolute atomic E-state index is 0. The number of furan rings is 1. The number of rotatable bonds is 8. The van der Waals surface area contributed by atoms with E-state index in [1.54, 1.807) is 0 Å². The van der Waals surface area contributed by atoms with E-state index in [1.165, 1.54) is 9.96 Å². The Kier molecular flexibility index (Phi) is 13.0. The first-order valence-corrected chi connectivity index (χ1v) is 29.2. The normalized spacial score (nSPS) is 12.0. The molecule has 0 amide bonds. The third-order valence-electron chi connectivity index (χ3n) is 12.2. The van der Waals surface area contributed by atoms with Gasteiger partial charge in [-0.2, -0.15) is 0 Å². The summed E-state index contributed by atoms with van der Waals surface area (Å²) < 4.78 is 10.4. The predicted octanol–water partition coefficient (Wildman–Crippen LogP) is 14.6. The predicted molar refractivity (Wildman–Crippen MR) is 266 cm³/mol. The summed E-state index contributed by atoms with van der Waals surface area (Å²) in [6, 6.07) is 59.8. The summed E-state index contributed by atoms with van der Waals surface area (Å²) in [5.74, 6) is 8.73. The molecule has 4 heterocycles. The van der Waals surface area contributed by atoms with Crippen LogP contribution in [0.3, 0.4) is 0 Å². The van der Waals surface area contributed by atoms with Crippen molar-refractivity contribution in [3.63, 3.8) is 0 Å². The second-order valence-electron chi connectivity index (χ2n) is 17.9. The third-order valence-corrected chi connectivity index (χ3v) is 16.4. The van der Waals surface area contributed by atoms with Gasteiger partial charge >= 0.3 is 106 Å². The van der Waals surface area contributed by atoms with E-state index < -0.39 is 13.3 Å². The average molecular weight is 1070 g/mol. The van der Waals surface area contributed by atoms with Crippen LogP contribution in [0.2, 0.25) is 17.3 Å². The van der Waals surface area contributed by atoms with Crippen LogP contribution >= 0.6 is 0 Å². The third kappa shape index (κ3) is 8.80. The maximum absolute atomic E-state index is 6.66. The molecule has 1 radical (unpaired) electrons. The first kappa shape index (κ1) is 44.7. The van der Waals surface area contributed by atoms with Gasteiger partial charge in [0.1, 0.15) is 0 Å². The molecular weight excluding hydrogens is 1020 g/mol. The Balaban J connectivity index is 0.000000262. The molecule has 0 fully saturated rings. The van der Waals surface area contributed by atoms with Crippen LogP contribution in [0.4, 0.5) is 0 Å². The summed E-state index contributed by atoms with van der Waals surface area (Å²) in [5, 5.41) is 2.01. The van der Waals surface area contributed by atoms with E-state index in [0.29, 0.717) is 17.5 Å². The molecule has 7 heteroatoms. The molecule has 10 rings (SSSR count). The van der Waals surface area contributed by atoms with Crippen LogP contribution in [0.15, 0.2) is 162 Å². The van der Waals surface area contributed by atoms with Gasteiger partial charge in [0.2, 0.25) is 5.71 Å². The number of hydrogen-bond donors (Lipinski definition) is 0. The first-order chi connectivity index (χ1) is 30.5. The second-order valence-corrected chi connectivity index (χ2v) is 28.6. The molecule has 6 aromatic carbocycles. The van der Waals surface area contributed by atoms with Crippen molar-refractivity contribution < 1.29 is 24.5 Å². The summed E-state index contributed by atoms with van der Waals surface area (Å²) in [5.41, 5.74) is 15.3. The number of nitrogens with zero attached hydrogens (tertiary/aromatic N) is 4. The van der Waals surface area contributed by atoms with E-state index in [4.69, 9.17) is 14.4 Å². The maximum atomic E-state index is 6.66. The van der Waals surface area contributed by atoms with E-state index in [1.807, 2.05) is 18.3 Å². The maximum Gasteiger partial charge on any atom is 0.216 e. The second kappa shape index (κ2) is 18.7. The Hall–Kier alpha value is -5.92. The van der Waals surface area contributed by atoms with E-state index in [0.717, 1.165) is 89.2 Å². The molecule has 0 spiro atoms. The molecule has 1 atom stereocenters. The van der Waals surface area contributed by atoms with Crippen molar-refractivity contribution >= 4 is 50.8 Å². The molecule has 10 aromatic rings. The van der Waals surface area contributed by atoms with Crippen molar-refractivity contribution in [1.29, 1.82) is 0 Å². The molecule has 64 heavy (non-hydrogen) atoms. The summed E-state index contributed by atoms with van der Waals surface area (Å²) in [7, 11) is 0. The van der Waals surface area contributed by atoms with Crippen molar-refractivity contribution in [3.8, 4) is 50.6 Å². The van der Waals surface area contributed by atoms with Gasteiger partial charge in [-0.3, -0.25) is 4.98 Å². The number of hydrogen-bond acceptors (Lipinski definition) is 4. The Morgan fingerprint density at radius 2 is 1.34 bits per heavy atom. The van der Waals surface area contributed by atoms with Gasteiger partial charge in [-0.25, -0.2) is 4.98 Å². The number of fused-ring (bicyclic) bond motifs is 4. The monoisotopic (exact) mass is 1080 g/mol. The quantitative estimate of drug-likeness (QED) is 0.112. The molecule has 0 N–H and O–H groups in total. The number of aromatic nitrogens is 4. The fraction of sp³-hybridized carbons (Fsp3) is 0.175. The number of imidazole rings is 1. The van der Waals surface area contributed by atoms with Gasteiger partial charge in [-0.15, -0.1) is 18.2 Å². The summed E-state index contributed by atoms with van der Waals surface area (Å²) in [6.45, 7) is 10.9. The van der Waals surface area contributed by atoms with Crippen LogP contribution in [0.25, 0.3) is 83.7 Å². The van der Waals surface area contributed by atoms with Crippen molar-refractivity contribution in [1.82, 2.24) is 19.5 Å². The Morgan fingerprint density at radius 3 is 1.95 bits per heavy atom.